The molecule has 1 saturated heterocycles. The molecule has 0 saturated carbocycles. The van der Waals surface area contributed by atoms with E-state index < -0.39 is 0 Å². The molecule has 1 aliphatic heterocycles. The van der Waals surface area contributed by atoms with E-state index in [1.165, 1.54) is 4.70 Å². The van der Waals surface area contributed by atoms with Crippen LogP contribution >= 0.6 is 11.3 Å². The molecule has 4 heteroatoms. The number of hydrogen-bond donors (Lipinski definition) is 2. The van der Waals surface area contributed by atoms with Crippen molar-refractivity contribution in [2.75, 3.05) is 6.54 Å². The molecule has 0 bridgehead atoms. The predicted octanol–water partition coefficient (Wildman–Crippen LogP) is 2.77. The number of amides is 1. The van der Waals surface area contributed by atoms with E-state index in [2.05, 4.69) is 29.0 Å². The first kappa shape index (κ1) is 12.6. The Kier molecular flexibility index (Phi) is 3.53. The summed E-state index contributed by atoms with van der Waals surface area (Å²) >= 11 is 1.70. The average Bonchev–Trinajstić information content (AvgIpc) is 2.88. The van der Waals surface area contributed by atoms with E-state index in [0.717, 1.165) is 30.3 Å². The van der Waals surface area contributed by atoms with Gasteiger partial charge in [0.1, 0.15) is 0 Å². The topological polar surface area (TPSA) is 41.1 Å². The van der Waals surface area contributed by atoms with Crippen molar-refractivity contribution in [3.05, 3.63) is 35.2 Å². The van der Waals surface area contributed by atoms with Crippen LogP contribution in [0.5, 0.6) is 0 Å². The van der Waals surface area contributed by atoms with E-state index in [0.29, 0.717) is 6.04 Å². The van der Waals surface area contributed by atoms with Gasteiger partial charge in [0.05, 0.1) is 0 Å². The number of hydrogen-bond acceptors (Lipinski definition) is 3. The van der Waals surface area contributed by atoms with Crippen LogP contribution in [0.2, 0.25) is 0 Å². The Hall–Kier alpha value is -1.39. The molecule has 0 aliphatic carbocycles. The zero-order chi connectivity index (χ0) is 13.2. The summed E-state index contributed by atoms with van der Waals surface area (Å²) in [5.74, 6) is 0.0358. The van der Waals surface area contributed by atoms with Gasteiger partial charge in [-0.1, -0.05) is 0 Å². The number of benzene rings is 1. The zero-order valence-corrected chi connectivity index (χ0v) is 11.8. The van der Waals surface area contributed by atoms with Gasteiger partial charge in [0.2, 0.25) is 0 Å². The Bertz CT molecular complexity index is 593. The quantitative estimate of drug-likeness (QED) is 0.884. The minimum atomic E-state index is 0.0358. The summed E-state index contributed by atoms with van der Waals surface area (Å²) in [6, 6.07) is 8.55. The van der Waals surface area contributed by atoms with Crippen LogP contribution in [0, 0.1) is 0 Å². The second-order valence-electron chi connectivity index (χ2n) is 5.14. The van der Waals surface area contributed by atoms with Crippen LogP contribution in [0.3, 0.4) is 0 Å². The first-order chi connectivity index (χ1) is 9.24. The number of carbonyl (C=O) groups excluding carboxylic acids is 1. The van der Waals surface area contributed by atoms with Gasteiger partial charge in [-0.05, 0) is 61.3 Å². The number of carbonyl (C=O) groups is 1. The molecule has 1 aliphatic rings. The highest BCUT2D eigenvalue weighted by atomic mass is 32.1. The third-order valence-electron chi connectivity index (χ3n) is 3.79. The molecule has 2 unspecified atom stereocenters. The van der Waals surface area contributed by atoms with Crippen LogP contribution in [0.1, 0.15) is 30.1 Å². The summed E-state index contributed by atoms with van der Waals surface area (Å²) in [6.07, 6.45) is 2.18. The minimum Gasteiger partial charge on any atom is -0.348 e. The fourth-order valence-corrected chi connectivity index (χ4v) is 3.37. The first-order valence-corrected chi connectivity index (χ1v) is 7.63. The first-order valence-electron chi connectivity index (χ1n) is 6.75. The van der Waals surface area contributed by atoms with Crippen LogP contribution in [-0.4, -0.2) is 24.5 Å². The smallest absolute Gasteiger partial charge is 0.251 e. The molecule has 2 N–H and O–H groups in total. The Balaban J connectivity index is 1.75. The lowest BCUT2D eigenvalue weighted by molar-refractivity contribution is 0.0920. The minimum absolute atomic E-state index is 0.0358. The molecule has 1 fully saturated rings. The SMILES string of the molecule is CC1NCCCC1NC(=O)c1ccc2sccc2c1. The highest BCUT2D eigenvalue weighted by Gasteiger charge is 2.22. The Morgan fingerprint density at radius 2 is 2.32 bits per heavy atom. The normalized spacial score (nSPS) is 23.4. The van der Waals surface area contributed by atoms with Gasteiger partial charge in [-0.3, -0.25) is 4.79 Å². The average molecular weight is 274 g/mol. The summed E-state index contributed by atoms with van der Waals surface area (Å²) in [6.45, 7) is 3.18. The molecule has 2 aromatic rings. The second-order valence-corrected chi connectivity index (χ2v) is 6.09. The van der Waals surface area contributed by atoms with E-state index in [4.69, 9.17) is 0 Å². The third-order valence-corrected chi connectivity index (χ3v) is 4.69. The third kappa shape index (κ3) is 2.65. The van der Waals surface area contributed by atoms with E-state index in [-0.39, 0.29) is 11.9 Å². The van der Waals surface area contributed by atoms with Crippen molar-refractivity contribution in [2.45, 2.75) is 31.8 Å². The maximum absolute atomic E-state index is 12.3. The molecule has 2 atom stereocenters. The fourth-order valence-electron chi connectivity index (χ4n) is 2.60. The highest BCUT2D eigenvalue weighted by molar-refractivity contribution is 7.17. The van der Waals surface area contributed by atoms with Crippen molar-refractivity contribution in [2.24, 2.45) is 0 Å². The van der Waals surface area contributed by atoms with Crippen LogP contribution in [0.25, 0.3) is 10.1 Å². The summed E-state index contributed by atoms with van der Waals surface area (Å²) in [7, 11) is 0. The largest absolute Gasteiger partial charge is 0.348 e. The molecule has 0 spiro atoms. The molecule has 1 amide bonds. The summed E-state index contributed by atoms with van der Waals surface area (Å²) < 4.78 is 1.23. The van der Waals surface area contributed by atoms with E-state index in [9.17, 15) is 4.79 Å². The van der Waals surface area contributed by atoms with Crippen LogP contribution in [0.15, 0.2) is 29.6 Å². The van der Waals surface area contributed by atoms with Gasteiger partial charge in [-0.2, -0.15) is 0 Å². The van der Waals surface area contributed by atoms with Crippen molar-refractivity contribution in [3.63, 3.8) is 0 Å². The molecule has 2 heterocycles. The number of fused-ring (bicyclic) bond motifs is 1. The lowest BCUT2D eigenvalue weighted by Crippen LogP contribution is -2.51. The highest BCUT2D eigenvalue weighted by Crippen LogP contribution is 2.22. The van der Waals surface area contributed by atoms with Gasteiger partial charge >= 0.3 is 0 Å². The Labute approximate surface area is 117 Å². The zero-order valence-electron chi connectivity index (χ0n) is 11.0. The van der Waals surface area contributed by atoms with Crippen molar-refractivity contribution in [1.29, 1.82) is 0 Å². The van der Waals surface area contributed by atoms with Crippen molar-refractivity contribution < 1.29 is 4.79 Å². The van der Waals surface area contributed by atoms with Crippen LogP contribution in [0.4, 0.5) is 0 Å². The van der Waals surface area contributed by atoms with Gasteiger partial charge in [0.15, 0.2) is 0 Å². The van der Waals surface area contributed by atoms with Gasteiger partial charge in [-0.15, -0.1) is 11.3 Å². The van der Waals surface area contributed by atoms with E-state index >= 15 is 0 Å². The number of nitrogens with one attached hydrogen (secondary N) is 2. The fraction of sp³-hybridized carbons (Fsp3) is 0.400. The van der Waals surface area contributed by atoms with E-state index in [1.54, 1.807) is 11.3 Å². The molecule has 1 aromatic heterocycles. The van der Waals surface area contributed by atoms with Crippen molar-refractivity contribution in [3.8, 4) is 0 Å². The van der Waals surface area contributed by atoms with Crippen LogP contribution in [-0.2, 0) is 0 Å². The monoisotopic (exact) mass is 274 g/mol. The molecule has 3 nitrogen and oxygen atoms in total. The standard InChI is InChI=1S/C15H18N2OS/c1-10-13(3-2-7-16-10)17-15(18)12-4-5-14-11(9-12)6-8-19-14/h4-6,8-10,13,16H,2-3,7H2,1H3,(H,17,18). The summed E-state index contributed by atoms with van der Waals surface area (Å²) in [5.41, 5.74) is 0.753. The van der Waals surface area contributed by atoms with Crippen LogP contribution < -0.4 is 10.6 Å². The molecule has 100 valence electrons. The maximum Gasteiger partial charge on any atom is 0.251 e. The molecule has 0 radical (unpaired) electrons. The van der Waals surface area contributed by atoms with Gasteiger partial charge in [0, 0.05) is 22.3 Å². The van der Waals surface area contributed by atoms with Gasteiger partial charge in [-0.25, -0.2) is 0 Å². The number of thiophene rings is 1. The van der Waals surface area contributed by atoms with Gasteiger partial charge in [0.25, 0.3) is 5.91 Å². The van der Waals surface area contributed by atoms with E-state index in [1.807, 2.05) is 18.2 Å². The molecular formula is C15H18N2OS. The number of rotatable bonds is 2. The van der Waals surface area contributed by atoms with Gasteiger partial charge < -0.3 is 10.6 Å². The van der Waals surface area contributed by atoms with Crippen molar-refractivity contribution in [1.82, 2.24) is 10.6 Å². The molecule has 3 rings (SSSR count). The lowest BCUT2D eigenvalue weighted by atomic mass is 9.99. The predicted molar refractivity (Wildman–Crippen MR) is 79.8 cm³/mol. The lowest BCUT2D eigenvalue weighted by Gasteiger charge is -2.30. The van der Waals surface area contributed by atoms with Crippen molar-refractivity contribution >= 4 is 27.3 Å². The Morgan fingerprint density at radius 3 is 3.16 bits per heavy atom. The number of piperidine rings is 1. The summed E-state index contributed by atoms with van der Waals surface area (Å²) in [4.78, 5) is 12.3. The Morgan fingerprint density at radius 1 is 1.42 bits per heavy atom. The molecule has 19 heavy (non-hydrogen) atoms. The molecule has 1 aromatic carbocycles. The molecular weight excluding hydrogens is 256 g/mol. The second kappa shape index (κ2) is 5.31. The summed E-state index contributed by atoms with van der Waals surface area (Å²) in [5, 5.41) is 9.75. The maximum atomic E-state index is 12.3.